The van der Waals surface area contributed by atoms with Gasteiger partial charge in [0.15, 0.2) is 0 Å². The lowest BCUT2D eigenvalue weighted by Crippen LogP contribution is -2.55. The Balaban J connectivity index is 1.01. The fourth-order valence-corrected chi connectivity index (χ4v) is 18.3. The van der Waals surface area contributed by atoms with Gasteiger partial charge in [0, 0.05) is 60.2 Å². The van der Waals surface area contributed by atoms with Crippen molar-refractivity contribution in [1.29, 1.82) is 0 Å². The van der Waals surface area contributed by atoms with Gasteiger partial charge in [-0.25, -0.2) is 0 Å². The number of fused-ring (bicyclic) bond motifs is 18. The van der Waals surface area contributed by atoms with Gasteiger partial charge in [-0.05, 0) is 204 Å². The molecule has 8 aromatic carbocycles. The van der Waals surface area contributed by atoms with Crippen LogP contribution < -0.4 is 10.9 Å². The van der Waals surface area contributed by atoms with Crippen molar-refractivity contribution in [2.24, 2.45) is 29.6 Å². The van der Waals surface area contributed by atoms with E-state index in [1.165, 1.54) is 181 Å². The molecule has 72 heavy (non-hydrogen) atoms. The van der Waals surface area contributed by atoms with E-state index in [4.69, 9.17) is 4.42 Å². The van der Waals surface area contributed by atoms with Crippen LogP contribution in [0.1, 0.15) is 95.1 Å². The van der Waals surface area contributed by atoms with Crippen molar-refractivity contribution in [2.75, 3.05) is 0 Å². The molecule has 6 atom stereocenters. The van der Waals surface area contributed by atoms with Crippen LogP contribution in [0.3, 0.4) is 0 Å². The van der Waals surface area contributed by atoms with E-state index in [0.29, 0.717) is 0 Å². The van der Waals surface area contributed by atoms with Gasteiger partial charge in [-0.1, -0.05) is 117 Å². The summed E-state index contributed by atoms with van der Waals surface area (Å²) in [7, 11) is 0. The maximum Gasteiger partial charge on any atom is 0.333 e. The Kier molecular flexibility index (Phi) is 7.65. The van der Waals surface area contributed by atoms with Crippen molar-refractivity contribution < 1.29 is 4.42 Å². The maximum atomic E-state index is 7.35. The minimum Gasteiger partial charge on any atom is -0.455 e. The van der Waals surface area contributed by atoms with Gasteiger partial charge < -0.3 is 13.5 Å². The largest absolute Gasteiger partial charge is 0.455 e. The zero-order valence-corrected chi connectivity index (χ0v) is 41.2. The molecule has 0 amide bonds. The molecule has 2 aliphatic heterocycles. The zero-order valence-electron chi connectivity index (χ0n) is 41.2. The van der Waals surface area contributed by atoms with Gasteiger partial charge in [0.05, 0.1) is 11.0 Å². The molecule has 3 nitrogen and oxygen atoms in total. The molecule has 0 spiro atoms. The second kappa shape index (κ2) is 13.8. The summed E-state index contributed by atoms with van der Waals surface area (Å²) in [5.74, 6) is 4.41. The first kappa shape index (κ1) is 39.8. The molecule has 0 radical (unpaired) electrons. The van der Waals surface area contributed by atoms with Gasteiger partial charge in [0.2, 0.25) is 0 Å². The van der Waals surface area contributed by atoms with Crippen LogP contribution in [0.15, 0.2) is 156 Å². The number of rotatable bonds is 5. The quantitative estimate of drug-likeness (QED) is 0.158. The third-order valence-electron chi connectivity index (χ3n) is 21.2. The lowest BCUT2D eigenvalue weighted by atomic mass is 9.45. The van der Waals surface area contributed by atoms with E-state index in [0.717, 1.165) is 40.8 Å². The first-order chi connectivity index (χ1) is 35.5. The smallest absolute Gasteiger partial charge is 0.333 e. The van der Waals surface area contributed by atoms with Gasteiger partial charge in [0.1, 0.15) is 11.2 Å². The molecular formula is C68H57BN2O. The molecule has 11 aromatic rings. The van der Waals surface area contributed by atoms with E-state index < -0.39 is 0 Å². The second-order valence-corrected chi connectivity index (χ2v) is 24.5. The van der Waals surface area contributed by atoms with Crippen LogP contribution in [0.2, 0.25) is 0 Å². The van der Waals surface area contributed by atoms with Crippen LogP contribution >= 0.6 is 0 Å². The lowest BCUT2D eigenvalue weighted by Gasteiger charge is -2.46. The Morgan fingerprint density at radius 3 is 2.10 bits per heavy atom. The third-order valence-corrected chi connectivity index (χ3v) is 21.2. The average molecular weight is 929 g/mol. The van der Waals surface area contributed by atoms with Crippen LogP contribution in [0.4, 0.5) is 0 Å². The summed E-state index contributed by atoms with van der Waals surface area (Å²) < 4.78 is 12.9. The Morgan fingerprint density at radius 1 is 0.542 bits per heavy atom. The summed E-state index contributed by atoms with van der Waals surface area (Å²) >= 11 is 0. The fourth-order valence-electron chi connectivity index (χ4n) is 18.3. The third kappa shape index (κ3) is 5.05. The maximum absolute atomic E-state index is 7.35. The molecule has 0 saturated heterocycles. The van der Waals surface area contributed by atoms with Gasteiger partial charge in [-0.3, -0.25) is 0 Å². The number of benzene rings is 8. The standard InChI is InChI=1S/C68H57BN2O/c1-2-67(35-39-17-18-40(25-39)36-67)48-20-22-59-52(31-48)54-32-49(68-24-23-45-26-41(37-68)27-47(45)38-68)33-56-62-63-60(34-55-50-15-9-10-16-61(50)72-66(55)62)70-58-21-19-44(42-11-5-3-6-12-42)28-51(58)53-29-46(43-13-7-4-8-14-43)30-57(65(53)70)69(63)71(59)64(54)56/h3-16,19-22,28-34,39-41,45,47H,2,17-18,23-27,35-38H2,1H3. The van der Waals surface area contributed by atoms with Crippen molar-refractivity contribution in [1.82, 2.24) is 9.05 Å². The topological polar surface area (TPSA) is 23.0 Å². The van der Waals surface area contributed by atoms with E-state index in [9.17, 15) is 0 Å². The highest BCUT2D eigenvalue weighted by Crippen LogP contribution is 2.63. The van der Waals surface area contributed by atoms with E-state index in [1.54, 1.807) is 11.1 Å². The highest BCUT2D eigenvalue weighted by molar-refractivity contribution is 6.90. The Morgan fingerprint density at radius 2 is 1.26 bits per heavy atom. The van der Waals surface area contributed by atoms with Crippen molar-refractivity contribution in [3.63, 3.8) is 0 Å². The van der Waals surface area contributed by atoms with E-state index in [1.807, 2.05) is 0 Å². The molecule has 5 heterocycles. The van der Waals surface area contributed by atoms with E-state index >= 15 is 0 Å². The average Bonchev–Trinajstić information content (AvgIpc) is 4.21. The van der Waals surface area contributed by atoms with Gasteiger partial charge in [-0.15, -0.1) is 0 Å². The first-order valence-corrected chi connectivity index (χ1v) is 27.8. The number of nitrogens with zero attached hydrogens (tertiary/aromatic N) is 2. The minimum atomic E-state index is -0.0711. The number of aromatic nitrogens is 2. The predicted octanol–water partition coefficient (Wildman–Crippen LogP) is 16.4. The van der Waals surface area contributed by atoms with E-state index in [2.05, 4.69) is 168 Å². The van der Waals surface area contributed by atoms with Crippen molar-refractivity contribution >= 4 is 83.3 Å². The minimum absolute atomic E-state index is 0.0711. The molecule has 7 aliphatic rings. The Hall–Kier alpha value is -6.78. The number of furan rings is 1. The number of hydrogen-bond acceptors (Lipinski definition) is 1. The second-order valence-electron chi connectivity index (χ2n) is 24.5. The zero-order chi connectivity index (χ0) is 46.8. The first-order valence-electron chi connectivity index (χ1n) is 27.8. The van der Waals surface area contributed by atoms with Crippen molar-refractivity contribution in [2.45, 2.75) is 94.8 Å². The van der Waals surface area contributed by atoms with Gasteiger partial charge >= 0.3 is 6.85 Å². The number of para-hydroxylation sites is 1. The van der Waals surface area contributed by atoms with Crippen LogP contribution in [-0.2, 0) is 10.8 Å². The summed E-state index contributed by atoms with van der Waals surface area (Å²) in [4.78, 5) is 0. The molecule has 18 rings (SSSR count). The molecule has 5 fully saturated rings. The van der Waals surface area contributed by atoms with Crippen molar-refractivity contribution in [3.05, 3.63) is 163 Å². The SMILES string of the molecule is CCC1(c2ccc3c(c2)c2cc(C45CCC6CC(CC6C4)C5)cc4c2n3B2c3c(cc5c(oc6ccccc65)c3-4)-n3c4ccc(-c5ccccc5)cc4c4cc(-c5ccccc5)cc2c43)CC2CCC(C2)C1. The highest BCUT2D eigenvalue weighted by Gasteiger charge is 2.53. The molecule has 5 aliphatic carbocycles. The molecule has 6 unspecified atom stereocenters. The Bertz CT molecular complexity index is 4170. The molecular weight excluding hydrogens is 872 g/mol. The van der Waals surface area contributed by atoms with Gasteiger partial charge in [-0.2, -0.15) is 0 Å². The molecule has 5 saturated carbocycles. The van der Waals surface area contributed by atoms with Crippen LogP contribution in [0.5, 0.6) is 0 Å². The summed E-state index contributed by atoms with van der Waals surface area (Å²) in [6.45, 7) is 2.43. The van der Waals surface area contributed by atoms with Crippen LogP contribution in [0.25, 0.3) is 105 Å². The molecule has 0 N–H and O–H groups in total. The monoisotopic (exact) mass is 928 g/mol. The molecule has 3 aromatic heterocycles. The molecule has 348 valence electrons. The lowest BCUT2D eigenvalue weighted by molar-refractivity contribution is 0.139. The van der Waals surface area contributed by atoms with Gasteiger partial charge in [0.25, 0.3) is 0 Å². The summed E-state index contributed by atoms with van der Waals surface area (Å²) in [6.07, 6.45) is 16.5. The van der Waals surface area contributed by atoms with Crippen LogP contribution in [-0.4, -0.2) is 15.9 Å². The number of hydrogen-bond donors (Lipinski definition) is 0. The summed E-state index contributed by atoms with van der Waals surface area (Å²) in [5.41, 5.74) is 22.8. The Labute approximate surface area is 420 Å². The summed E-state index contributed by atoms with van der Waals surface area (Å²) in [6, 6.07) is 59.3. The normalized spacial score (nSPS) is 26.3. The molecule has 5 bridgehead atoms. The van der Waals surface area contributed by atoms with Crippen LogP contribution in [0, 0.1) is 29.6 Å². The van der Waals surface area contributed by atoms with E-state index in [-0.39, 0.29) is 17.7 Å². The van der Waals surface area contributed by atoms with Crippen molar-refractivity contribution in [3.8, 4) is 39.1 Å². The highest BCUT2D eigenvalue weighted by atomic mass is 16.3. The fraction of sp³-hybridized carbons (Fsp3) is 0.294. The predicted molar refractivity (Wildman–Crippen MR) is 300 cm³/mol. The summed E-state index contributed by atoms with van der Waals surface area (Å²) in [5, 5.41) is 7.96. The molecule has 4 heteroatoms.